The van der Waals surface area contributed by atoms with Crippen LogP contribution in [0.3, 0.4) is 0 Å². The summed E-state index contributed by atoms with van der Waals surface area (Å²) in [6, 6.07) is 27.5. The summed E-state index contributed by atoms with van der Waals surface area (Å²) in [6.07, 6.45) is -0.190. The molecule has 1 N–H and O–H groups in total. The molecule has 11 nitrogen and oxygen atoms in total. The Balaban J connectivity index is 1.16. The van der Waals surface area contributed by atoms with E-state index in [9.17, 15) is 24.0 Å². The number of nitrogens with one attached hydrogen (secondary N) is 1. The molecular formula is C39H33N3O8. The van der Waals surface area contributed by atoms with E-state index in [0.717, 1.165) is 22.3 Å². The Morgan fingerprint density at radius 2 is 1.30 bits per heavy atom. The van der Waals surface area contributed by atoms with Crippen LogP contribution in [0, 0.1) is 0 Å². The highest BCUT2D eigenvalue weighted by Gasteiger charge is 2.40. The molecule has 0 radical (unpaired) electrons. The Morgan fingerprint density at radius 1 is 0.760 bits per heavy atom. The third kappa shape index (κ3) is 5.98. The molecule has 1 atom stereocenters. The number of para-hydroxylation sites is 1. The summed E-state index contributed by atoms with van der Waals surface area (Å²) >= 11 is 0. The first-order valence-corrected chi connectivity index (χ1v) is 16.1. The Labute approximate surface area is 287 Å². The monoisotopic (exact) mass is 671 g/mol. The standard InChI is InChI=1S/C39H33N3O8/c1-39(2,3)49-38(47)41-21-23(24-12-10-11-19-33(24)41)20-32(36(45)50-42-34(43)29-17-8-9-18-30(29)35(42)44)40-37(46)48-22-31-27-15-6-4-13-25(27)26-14-5-7-16-28(26)31/h4-19,21,31-32H,20,22H2,1-3H3,(H,40,46)/t32-/m1/s1. The Kier molecular flexibility index (Phi) is 8.19. The van der Waals surface area contributed by atoms with Crippen LogP contribution in [0.2, 0.25) is 0 Å². The average Bonchev–Trinajstić information content (AvgIpc) is 3.71. The largest absolute Gasteiger partial charge is 0.449 e. The van der Waals surface area contributed by atoms with Crippen molar-refractivity contribution < 1.29 is 38.3 Å². The van der Waals surface area contributed by atoms with Gasteiger partial charge in [0.2, 0.25) is 0 Å². The van der Waals surface area contributed by atoms with Crippen LogP contribution in [0.25, 0.3) is 22.0 Å². The van der Waals surface area contributed by atoms with Crippen molar-refractivity contribution in [2.24, 2.45) is 0 Å². The molecule has 0 bridgehead atoms. The lowest BCUT2D eigenvalue weighted by Gasteiger charge is -2.21. The summed E-state index contributed by atoms with van der Waals surface area (Å²) in [6.45, 7) is 5.24. The molecule has 0 fully saturated rings. The highest BCUT2D eigenvalue weighted by molar-refractivity contribution is 6.21. The SMILES string of the molecule is CC(C)(C)OC(=O)n1cc(C[C@@H](NC(=O)OCC2c3ccccc3-c3ccccc32)C(=O)ON2C(=O)c3ccccc3C2=O)c2ccccc21. The summed E-state index contributed by atoms with van der Waals surface area (Å²) in [5.41, 5.74) is 4.56. The number of rotatable bonds is 7. The van der Waals surface area contributed by atoms with Crippen molar-refractivity contribution in [2.75, 3.05) is 6.61 Å². The predicted molar refractivity (Wildman–Crippen MR) is 182 cm³/mol. The average molecular weight is 672 g/mol. The first-order chi connectivity index (χ1) is 24.0. The van der Waals surface area contributed by atoms with Crippen molar-refractivity contribution in [3.8, 4) is 11.1 Å². The second kappa shape index (κ2) is 12.7. The number of hydrogen-bond donors (Lipinski definition) is 1. The topological polar surface area (TPSA) is 133 Å². The van der Waals surface area contributed by atoms with Crippen molar-refractivity contribution in [1.82, 2.24) is 14.9 Å². The number of carbonyl (C=O) groups is 5. The zero-order chi connectivity index (χ0) is 35.2. The molecule has 0 saturated carbocycles. The fraction of sp³-hybridized carbons (Fsp3) is 0.205. The maximum absolute atomic E-state index is 13.8. The molecule has 2 aliphatic rings. The fourth-order valence-electron chi connectivity index (χ4n) is 6.47. The van der Waals surface area contributed by atoms with Crippen LogP contribution < -0.4 is 5.32 Å². The van der Waals surface area contributed by atoms with Gasteiger partial charge in [0, 0.05) is 23.9 Å². The molecule has 5 aromatic rings. The zero-order valence-corrected chi connectivity index (χ0v) is 27.5. The maximum atomic E-state index is 13.8. The summed E-state index contributed by atoms with van der Waals surface area (Å²) in [5, 5.41) is 3.60. The number of hydrogen-bond acceptors (Lipinski definition) is 8. The molecule has 0 unspecified atom stereocenters. The van der Waals surface area contributed by atoms with E-state index in [1.807, 2.05) is 48.5 Å². The molecule has 1 aromatic heterocycles. The van der Waals surface area contributed by atoms with Gasteiger partial charge in [0.15, 0.2) is 0 Å². The highest BCUT2D eigenvalue weighted by Crippen LogP contribution is 2.44. The van der Waals surface area contributed by atoms with Gasteiger partial charge in [-0.05, 0) is 66.8 Å². The van der Waals surface area contributed by atoms with E-state index in [1.54, 1.807) is 57.2 Å². The number of carbonyl (C=O) groups excluding carboxylic acids is 5. The molecule has 252 valence electrons. The van der Waals surface area contributed by atoms with Gasteiger partial charge in [-0.2, -0.15) is 0 Å². The Hall–Kier alpha value is -6.23. The molecule has 1 aliphatic heterocycles. The second-order valence-electron chi connectivity index (χ2n) is 13.1. The van der Waals surface area contributed by atoms with Crippen LogP contribution in [0.4, 0.5) is 9.59 Å². The molecule has 11 heteroatoms. The van der Waals surface area contributed by atoms with Gasteiger partial charge >= 0.3 is 18.2 Å². The molecule has 4 aromatic carbocycles. The number of nitrogens with zero attached hydrogens (tertiary/aromatic N) is 2. The number of fused-ring (bicyclic) bond motifs is 5. The van der Waals surface area contributed by atoms with E-state index in [4.69, 9.17) is 14.3 Å². The van der Waals surface area contributed by atoms with E-state index in [2.05, 4.69) is 5.32 Å². The summed E-state index contributed by atoms with van der Waals surface area (Å²) in [7, 11) is 0. The van der Waals surface area contributed by atoms with Crippen LogP contribution in [0.1, 0.15) is 64.1 Å². The van der Waals surface area contributed by atoms with Crippen LogP contribution in [0.5, 0.6) is 0 Å². The predicted octanol–water partition coefficient (Wildman–Crippen LogP) is 6.63. The number of alkyl carbamates (subject to hydrolysis) is 1. The number of benzene rings is 4. The van der Waals surface area contributed by atoms with Gasteiger partial charge in [0.25, 0.3) is 11.8 Å². The molecular weight excluding hydrogens is 638 g/mol. The van der Waals surface area contributed by atoms with E-state index in [0.29, 0.717) is 21.5 Å². The van der Waals surface area contributed by atoms with Gasteiger partial charge in [0.1, 0.15) is 18.2 Å². The zero-order valence-electron chi connectivity index (χ0n) is 27.5. The van der Waals surface area contributed by atoms with Gasteiger partial charge in [0.05, 0.1) is 16.6 Å². The van der Waals surface area contributed by atoms with Crippen molar-refractivity contribution in [2.45, 2.75) is 44.8 Å². The normalized spacial score (nSPS) is 14.2. The van der Waals surface area contributed by atoms with Crippen molar-refractivity contribution in [3.05, 3.63) is 131 Å². The van der Waals surface area contributed by atoms with Crippen LogP contribution in [-0.2, 0) is 25.5 Å². The molecule has 1 aliphatic carbocycles. The number of aromatic nitrogens is 1. The lowest BCUT2D eigenvalue weighted by molar-refractivity contribution is -0.171. The summed E-state index contributed by atoms with van der Waals surface area (Å²) < 4.78 is 12.6. The van der Waals surface area contributed by atoms with E-state index >= 15 is 0 Å². The number of imide groups is 1. The second-order valence-corrected chi connectivity index (χ2v) is 13.1. The first-order valence-electron chi connectivity index (χ1n) is 16.1. The number of amides is 3. The Morgan fingerprint density at radius 3 is 1.90 bits per heavy atom. The van der Waals surface area contributed by atoms with Crippen molar-refractivity contribution in [3.63, 3.8) is 0 Å². The quantitative estimate of drug-likeness (QED) is 0.191. The minimum Gasteiger partial charge on any atom is -0.449 e. The minimum absolute atomic E-state index is 0.0159. The highest BCUT2D eigenvalue weighted by atomic mass is 16.7. The van der Waals surface area contributed by atoms with Gasteiger partial charge in [-0.1, -0.05) is 83.9 Å². The smallest absolute Gasteiger partial charge is 0.419 e. The molecule has 0 spiro atoms. The Bertz CT molecular complexity index is 2120. The third-order valence-corrected chi connectivity index (χ3v) is 8.67. The van der Waals surface area contributed by atoms with Gasteiger partial charge in [-0.3, -0.25) is 14.2 Å². The maximum Gasteiger partial charge on any atom is 0.419 e. The molecule has 50 heavy (non-hydrogen) atoms. The number of ether oxygens (including phenoxy) is 2. The van der Waals surface area contributed by atoms with Gasteiger partial charge < -0.3 is 19.6 Å². The molecule has 2 heterocycles. The van der Waals surface area contributed by atoms with Gasteiger partial charge in [-0.25, -0.2) is 14.4 Å². The lowest BCUT2D eigenvalue weighted by Crippen LogP contribution is -2.47. The number of hydroxylamine groups is 2. The minimum atomic E-state index is -1.44. The van der Waals surface area contributed by atoms with Crippen molar-refractivity contribution >= 4 is 40.9 Å². The van der Waals surface area contributed by atoms with Crippen molar-refractivity contribution in [1.29, 1.82) is 0 Å². The third-order valence-electron chi connectivity index (χ3n) is 8.67. The first kappa shape index (κ1) is 32.3. The van der Waals surface area contributed by atoms with Crippen LogP contribution in [-0.4, -0.2) is 57.9 Å². The molecule has 7 rings (SSSR count). The van der Waals surface area contributed by atoms with Crippen LogP contribution in [0.15, 0.2) is 103 Å². The fourth-order valence-corrected chi connectivity index (χ4v) is 6.47. The van der Waals surface area contributed by atoms with E-state index in [-0.39, 0.29) is 30.1 Å². The lowest BCUT2D eigenvalue weighted by atomic mass is 9.98. The van der Waals surface area contributed by atoms with E-state index in [1.165, 1.54) is 22.9 Å². The summed E-state index contributed by atoms with van der Waals surface area (Å²) in [4.78, 5) is 71.8. The van der Waals surface area contributed by atoms with Crippen LogP contribution >= 0.6 is 0 Å². The molecule has 0 saturated heterocycles. The summed E-state index contributed by atoms with van der Waals surface area (Å²) in [5.74, 6) is -2.92. The van der Waals surface area contributed by atoms with Gasteiger partial charge in [-0.15, -0.1) is 0 Å². The van der Waals surface area contributed by atoms with E-state index < -0.39 is 41.6 Å². The molecule has 3 amide bonds.